The maximum atomic E-state index is 14.7. The molecule has 3 aliphatic heterocycles. The zero-order valence-corrected chi connectivity index (χ0v) is 34.5. The van der Waals surface area contributed by atoms with E-state index in [4.69, 9.17) is 18.6 Å². The molecule has 1 aromatic heterocycles. The van der Waals surface area contributed by atoms with E-state index in [0.29, 0.717) is 40.7 Å². The van der Waals surface area contributed by atoms with Gasteiger partial charge in [0.15, 0.2) is 12.2 Å². The predicted molar refractivity (Wildman–Crippen MR) is 226 cm³/mol. The van der Waals surface area contributed by atoms with E-state index in [1.54, 1.807) is 0 Å². The van der Waals surface area contributed by atoms with Gasteiger partial charge in [0.2, 0.25) is 0 Å². The van der Waals surface area contributed by atoms with Crippen LogP contribution in [0.2, 0.25) is 0 Å². The maximum absolute atomic E-state index is 14.7. The van der Waals surface area contributed by atoms with E-state index in [1.807, 2.05) is 65.8 Å². The fraction of sp³-hybridized carbons (Fsp3) is 0.392. The highest BCUT2D eigenvalue weighted by Crippen LogP contribution is 2.49. The highest BCUT2D eigenvalue weighted by atomic mass is 16.6. The summed E-state index contributed by atoms with van der Waals surface area (Å²) < 4.78 is 25.7. The number of benzene rings is 4. The summed E-state index contributed by atoms with van der Waals surface area (Å²) in [7, 11) is 0. The van der Waals surface area contributed by atoms with Gasteiger partial charge in [0.25, 0.3) is 0 Å². The van der Waals surface area contributed by atoms with Crippen molar-refractivity contribution >= 4 is 22.9 Å². The second kappa shape index (κ2) is 16.1. The second-order valence-electron chi connectivity index (χ2n) is 17.7. The molecule has 9 rings (SSSR count). The number of esters is 2. The van der Waals surface area contributed by atoms with Gasteiger partial charge < -0.3 is 18.6 Å². The molecule has 4 aromatic carbocycles. The van der Waals surface area contributed by atoms with Gasteiger partial charge in [-0.2, -0.15) is 0 Å². The second-order valence-corrected chi connectivity index (χ2v) is 17.7. The first-order valence-electron chi connectivity index (χ1n) is 20.9. The quantitative estimate of drug-likeness (QED) is 0.102. The molecule has 2 bridgehead atoms. The summed E-state index contributed by atoms with van der Waals surface area (Å²) in [6.45, 7) is 11.4. The predicted octanol–water partition coefficient (Wildman–Crippen LogP) is 11.2. The van der Waals surface area contributed by atoms with Crippen LogP contribution in [0.25, 0.3) is 11.0 Å². The van der Waals surface area contributed by atoms with Gasteiger partial charge in [-0.3, -0.25) is 4.79 Å². The van der Waals surface area contributed by atoms with Gasteiger partial charge in [0.1, 0.15) is 16.9 Å². The molecule has 4 heterocycles. The first kappa shape index (κ1) is 39.4. The van der Waals surface area contributed by atoms with Crippen molar-refractivity contribution in [3.63, 3.8) is 0 Å². The Morgan fingerprint density at radius 3 is 2.29 bits per heavy atom. The van der Waals surface area contributed by atoms with E-state index in [1.165, 1.54) is 22.3 Å². The zero-order valence-electron chi connectivity index (χ0n) is 34.5. The molecular formula is C51H54O7. The van der Waals surface area contributed by atoms with Crippen molar-refractivity contribution in [2.75, 3.05) is 0 Å². The lowest BCUT2D eigenvalue weighted by Gasteiger charge is -2.43. The number of hydrogen-bond donors (Lipinski definition) is 0. The van der Waals surface area contributed by atoms with Gasteiger partial charge in [-0.15, -0.1) is 0 Å². The molecule has 0 saturated heterocycles. The van der Waals surface area contributed by atoms with Crippen LogP contribution in [0, 0.1) is 5.92 Å². The van der Waals surface area contributed by atoms with E-state index in [9.17, 15) is 14.4 Å². The minimum Gasteiger partial charge on any atom is -0.483 e. The summed E-state index contributed by atoms with van der Waals surface area (Å²) in [6.07, 6.45) is 2.84. The van der Waals surface area contributed by atoms with Gasteiger partial charge in [-0.05, 0) is 136 Å². The first-order chi connectivity index (χ1) is 27.8. The van der Waals surface area contributed by atoms with Crippen LogP contribution < -0.4 is 10.4 Å². The molecular weight excluding hydrogens is 725 g/mol. The molecule has 0 N–H and O–H groups in total. The molecule has 0 radical (unpaired) electrons. The lowest BCUT2D eigenvalue weighted by Crippen LogP contribution is -2.52. The third kappa shape index (κ3) is 8.01. The number of carbonyl (C=O) groups excluding carboxylic acids is 2. The lowest BCUT2D eigenvalue weighted by molar-refractivity contribution is -0.188. The Morgan fingerprint density at radius 2 is 1.55 bits per heavy atom. The van der Waals surface area contributed by atoms with E-state index in [-0.39, 0.29) is 35.7 Å². The summed E-state index contributed by atoms with van der Waals surface area (Å²) in [5, 5.41) is 0.677. The molecule has 1 aliphatic carbocycles. The molecule has 1 fully saturated rings. The van der Waals surface area contributed by atoms with Gasteiger partial charge >= 0.3 is 17.6 Å². The molecule has 4 aliphatic rings. The molecule has 58 heavy (non-hydrogen) atoms. The largest absolute Gasteiger partial charge is 0.483 e. The van der Waals surface area contributed by atoms with E-state index >= 15 is 0 Å². The number of ether oxygens (including phenoxy) is 3. The maximum Gasteiger partial charge on any atom is 0.339 e. The van der Waals surface area contributed by atoms with Crippen LogP contribution in [0.3, 0.4) is 0 Å². The van der Waals surface area contributed by atoms with Gasteiger partial charge in [-0.25, -0.2) is 9.59 Å². The van der Waals surface area contributed by atoms with E-state index in [2.05, 4.69) is 72.8 Å². The SMILES string of the molecule is CC(C)=C1CCc2ccc(cc2)[C@H]2CC[C@@H](c3cccc(Cc4ccccc4)c3)C[C@H]2CC(=O)O[C@@H]2c3c(ccc4cc(C(C)C)c(=O)oc34)OC(C)(C)[C@H]2OC1=O. The number of carbonyl (C=O) groups is 2. The normalized spacial score (nSPS) is 23.3. The molecule has 7 nitrogen and oxygen atoms in total. The van der Waals surface area contributed by atoms with Gasteiger partial charge in [0, 0.05) is 22.9 Å². The Bertz CT molecular complexity index is 2420. The van der Waals surface area contributed by atoms with Crippen molar-refractivity contribution < 1.29 is 28.2 Å². The van der Waals surface area contributed by atoms with Crippen molar-refractivity contribution in [2.45, 2.75) is 122 Å². The summed E-state index contributed by atoms with van der Waals surface area (Å²) in [5.41, 5.74) is 7.28. The number of hydrogen-bond acceptors (Lipinski definition) is 7. The molecule has 5 aromatic rings. The minimum absolute atomic E-state index is 0.00701. The van der Waals surface area contributed by atoms with Crippen molar-refractivity contribution in [2.24, 2.45) is 5.92 Å². The third-order valence-corrected chi connectivity index (χ3v) is 12.7. The number of allylic oxidation sites excluding steroid dienone is 1. The zero-order chi connectivity index (χ0) is 40.7. The smallest absolute Gasteiger partial charge is 0.339 e. The highest BCUT2D eigenvalue weighted by molar-refractivity contribution is 5.90. The van der Waals surface area contributed by atoms with Crippen molar-refractivity contribution in [3.8, 4) is 5.75 Å². The molecule has 0 amide bonds. The van der Waals surface area contributed by atoms with Crippen LogP contribution in [0.1, 0.15) is 136 Å². The summed E-state index contributed by atoms with van der Waals surface area (Å²) in [6, 6.07) is 33.7. The topological polar surface area (TPSA) is 92.0 Å². The molecule has 300 valence electrons. The van der Waals surface area contributed by atoms with Gasteiger partial charge in [-0.1, -0.05) is 98.3 Å². The summed E-state index contributed by atoms with van der Waals surface area (Å²) in [4.78, 5) is 42.2. The van der Waals surface area contributed by atoms with Crippen molar-refractivity contribution in [3.05, 3.63) is 158 Å². The minimum atomic E-state index is -1.10. The van der Waals surface area contributed by atoms with Crippen molar-refractivity contribution in [1.82, 2.24) is 0 Å². The number of rotatable bonds is 4. The average Bonchev–Trinajstić information content (AvgIpc) is 3.19. The summed E-state index contributed by atoms with van der Waals surface area (Å²) in [5.74, 6) is -0.0827. The fourth-order valence-electron chi connectivity index (χ4n) is 9.51. The Kier molecular flexibility index (Phi) is 10.9. The molecule has 0 spiro atoms. The van der Waals surface area contributed by atoms with Crippen LogP contribution in [-0.4, -0.2) is 23.6 Å². The average molecular weight is 779 g/mol. The van der Waals surface area contributed by atoms with Crippen LogP contribution >= 0.6 is 0 Å². The number of fused-ring (bicyclic) bond motifs is 11. The van der Waals surface area contributed by atoms with Crippen LogP contribution in [-0.2, 0) is 31.9 Å². The molecule has 1 saturated carbocycles. The van der Waals surface area contributed by atoms with Crippen molar-refractivity contribution in [1.29, 1.82) is 0 Å². The highest BCUT2D eigenvalue weighted by Gasteiger charge is 2.51. The lowest BCUT2D eigenvalue weighted by atomic mass is 9.68. The summed E-state index contributed by atoms with van der Waals surface area (Å²) >= 11 is 0. The third-order valence-electron chi connectivity index (χ3n) is 12.7. The number of aryl methyl sites for hydroxylation is 1. The van der Waals surface area contributed by atoms with E-state index in [0.717, 1.165) is 36.8 Å². The Morgan fingerprint density at radius 1 is 0.793 bits per heavy atom. The Labute approximate surface area is 341 Å². The molecule has 7 heteroatoms. The van der Waals surface area contributed by atoms with Gasteiger partial charge in [0.05, 0.1) is 5.56 Å². The van der Waals surface area contributed by atoms with Crippen LogP contribution in [0.5, 0.6) is 5.75 Å². The molecule has 5 atom stereocenters. The van der Waals surface area contributed by atoms with Crippen LogP contribution in [0.4, 0.5) is 0 Å². The standard InChI is InChI=1S/C51H54O7/c1-30(2)40-22-17-32-15-18-35(19-16-32)41-23-20-37(36-14-10-13-34(26-36)25-33-11-8-7-9-12-33)27-39(41)29-44(52)55-47-45-43(58-51(5,6)48(47)57-49(40)53)24-21-38-28-42(31(3)4)50(54)56-46(38)45/h7-16,18-19,21,24,26,28,31,37,39,41,47-48H,17,20,22-23,25,27,29H2,1-6H3/t37-,39+,41-,47-,48+/m1/s1. The Hall–Kier alpha value is -5.43. The van der Waals surface area contributed by atoms with Crippen LogP contribution in [0.15, 0.2) is 117 Å². The Balaban J connectivity index is 1.19. The van der Waals surface area contributed by atoms with E-state index < -0.39 is 35.4 Å². The molecule has 0 unspecified atom stereocenters. The monoisotopic (exact) mass is 778 g/mol. The first-order valence-corrected chi connectivity index (χ1v) is 20.9. The fourth-order valence-corrected chi connectivity index (χ4v) is 9.51.